The fraction of sp³-hybridized carbons (Fsp3) is 0.278. The molecule has 0 spiro atoms. The number of H-pyrrole nitrogens is 1. The Balaban J connectivity index is 1.61. The maximum atomic E-state index is 12.7. The van der Waals surface area contributed by atoms with E-state index in [9.17, 15) is 4.79 Å². The zero-order chi connectivity index (χ0) is 17.2. The Morgan fingerprint density at radius 3 is 3.08 bits per heavy atom. The Labute approximate surface area is 144 Å². The lowest BCUT2D eigenvalue weighted by molar-refractivity contribution is 0.102. The van der Waals surface area contributed by atoms with Crippen molar-refractivity contribution in [2.45, 2.75) is 26.2 Å². The summed E-state index contributed by atoms with van der Waals surface area (Å²) in [4.78, 5) is 20.1. The number of hydrogen-bond donors (Lipinski definition) is 2. The number of nitrogens with one attached hydrogen (secondary N) is 2. The Kier molecular flexibility index (Phi) is 3.97. The number of aryl methyl sites for hydroxylation is 2. The van der Waals surface area contributed by atoms with Gasteiger partial charge in [-0.25, -0.2) is 4.98 Å². The summed E-state index contributed by atoms with van der Waals surface area (Å²) >= 11 is 0. The maximum absolute atomic E-state index is 12.7. The second-order valence-corrected chi connectivity index (χ2v) is 5.86. The quantitative estimate of drug-likeness (QED) is 0.762. The van der Waals surface area contributed by atoms with E-state index in [1.165, 1.54) is 0 Å². The Hall–Kier alpha value is -3.09. The summed E-state index contributed by atoms with van der Waals surface area (Å²) in [5.41, 5.74) is 3.37. The normalized spacial score (nSPS) is 12.8. The lowest BCUT2D eigenvalue weighted by atomic mass is 10.1. The van der Waals surface area contributed by atoms with Gasteiger partial charge in [0.05, 0.1) is 30.1 Å². The van der Waals surface area contributed by atoms with Gasteiger partial charge >= 0.3 is 0 Å². The number of carbonyl (C=O) groups excluding carboxylic acids is 1. The molecule has 0 aliphatic heterocycles. The molecule has 0 aromatic carbocycles. The first-order valence-corrected chi connectivity index (χ1v) is 8.30. The van der Waals surface area contributed by atoms with Crippen LogP contribution in [0.4, 0.5) is 5.82 Å². The van der Waals surface area contributed by atoms with E-state index in [0.29, 0.717) is 29.5 Å². The summed E-state index contributed by atoms with van der Waals surface area (Å²) in [6, 6.07) is 3.49. The molecule has 0 radical (unpaired) electrons. The fourth-order valence-electron chi connectivity index (χ4n) is 3.09. The maximum Gasteiger partial charge on any atom is 0.259 e. The number of carbonyl (C=O) groups is 1. The highest BCUT2D eigenvalue weighted by Crippen LogP contribution is 2.35. The number of aromatic amines is 1. The number of hydrogen-bond acceptors (Lipinski definition) is 5. The molecule has 0 fully saturated rings. The minimum atomic E-state index is -0.238. The first-order chi connectivity index (χ1) is 12.3. The van der Waals surface area contributed by atoms with E-state index in [2.05, 4.69) is 20.4 Å². The van der Waals surface area contributed by atoms with Crippen molar-refractivity contribution in [1.29, 1.82) is 0 Å². The van der Waals surface area contributed by atoms with Gasteiger partial charge in [0.25, 0.3) is 5.91 Å². The van der Waals surface area contributed by atoms with Gasteiger partial charge in [-0.3, -0.25) is 4.79 Å². The molecule has 0 saturated heterocycles. The highest BCUT2D eigenvalue weighted by atomic mass is 16.5. The van der Waals surface area contributed by atoms with E-state index in [1.807, 2.05) is 6.92 Å². The number of nitrogens with zero attached hydrogens (tertiary/aromatic N) is 2. The Morgan fingerprint density at radius 1 is 1.36 bits per heavy atom. The zero-order valence-corrected chi connectivity index (χ0v) is 13.8. The summed E-state index contributed by atoms with van der Waals surface area (Å²) in [6.45, 7) is 2.48. The van der Waals surface area contributed by atoms with Crippen LogP contribution in [0.3, 0.4) is 0 Å². The molecule has 0 atom stereocenters. The van der Waals surface area contributed by atoms with Gasteiger partial charge in [0, 0.05) is 17.5 Å². The number of amides is 1. The molecule has 3 aromatic rings. The molecule has 128 valence electrons. The minimum Gasteiger partial charge on any atom is -0.492 e. The van der Waals surface area contributed by atoms with E-state index in [1.54, 1.807) is 30.7 Å². The highest BCUT2D eigenvalue weighted by Gasteiger charge is 2.26. The monoisotopic (exact) mass is 338 g/mol. The molecule has 0 saturated carbocycles. The van der Waals surface area contributed by atoms with Crippen LogP contribution in [-0.2, 0) is 12.8 Å². The van der Waals surface area contributed by atoms with Crippen LogP contribution in [0.5, 0.6) is 5.75 Å². The van der Waals surface area contributed by atoms with Crippen molar-refractivity contribution in [2.24, 2.45) is 0 Å². The standard InChI is InChI=1S/C18H18N4O3/c1-2-24-12-6-7-15(20-9-12)22-18(23)13-10-19-14-5-3-4-11-8-21-25-17(11)16(13)14/h6-10,19H,2-5H2,1H3,(H,20,22,23). The predicted octanol–water partition coefficient (Wildman–Crippen LogP) is 3.20. The number of aromatic nitrogens is 3. The van der Waals surface area contributed by atoms with E-state index in [0.717, 1.165) is 36.1 Å². The van der Waals surface area contributed by atoms with E-state index in [4.69, 9.17) is 9.26 Å². The number of fused-ring (bicyclic) bond motifs is 3. The number of ether oxygens (including phenoxy) is 1. The van der Waals surface area contributed by atoms with E-state index < -0.39 is 0 Å². The molecule has 7 heteroatoms. The number of anilines is 1. The molecule has 25 heavy (non-hydrogen) atoms. The van der Waals surface area contributed by atoms with Crippen molar-refractivity contribution < 1.29 is 14.1 Å². The smallest absolute Gasteiger partial charge is 0.259 e. The molecule has 1 aliphatic rings. The van der Waals surface area contributed by atoms with Crippen LogP contribution in [0.25, 0.3) is 11.3 Å². The van der Waals surface area contributed by atoms with Crippen molar-refractivity contribution in [3.63, 3.8) is 0 Å². The average Bonchev–Trinajstić information content (AvgIpc) is 3.20. The van der Waals surface area contributed by atoms with Crippen molar-refractivity contribution in [1.82, 2.24) is 15.1 Å². The second-order valence-electron chi connectivity index (χ2n) is 5.86. The Bertz CT molecular complexity index is 895. The van der Waals surface area contributed by atoms with Crippen molar-refractivity contribution in [3.8, 4) is 17.1 Å². The third-order valence-corrected chi connectivity index (χ3v) is 4.24. The summed E-state index contributed by atoms with van der Waals surface area (Å²) in [7, 11) is 0. The van der Waals surface area contributed by atoms with Crippen molar-refractivity contribution >= 4 is 11.7 Å². The molecule has 0 bridgehead atoms. The van der Waals surface area contributed by atoms with Gasteiger partial charge in [0.1, 0.15) is 11.6 Å². The summed E-state index contributed by atoms with van der Waals surface area (Å²) in [6.07, 6.45) is 7.78. The Morgan fingerprint density at radius 2 is 2.28 bits per heavy atom. The molecule has 0 unspecified atom stereocenters. The second kappa shape index (κ2) is 6.43. The van der Waals surface area contributed by atoms with Crippen LogP contribution in [0, 0.1) is 0 Å². The first kappa shape index (κ1) is 15.4. The SMILES string of the molecule is CCOc1ccc(NC(=O)c2c[nH]c3c2-c2oncc2CCC3)nc1. The molecule has 1 amide bonds. The van der Waals surface area contributed by atoms with Gasteiger partial charge in [-0.2, -0.15) is 0 Å². The van der Waals surface area contributed by atoms with Gasteiger partial charge in [-0.15, -0.1) is 0 Å². The zero-order valence-electron chi connectivity index (χ0n) is 13.8. The highest BCUT2D eigenvalue weighted by molar-refractivity contribution is 6.08. The molecule has 2 N–H and O–H groups in total. The summed E-state index contributed by atoms with van der Waals surface area (Å²) < 4.78 is 10.8. The molecule has 4 rings (SSSR count). The molecule has 3 aromatic heterocycles. The average molecular weight is 338 g/mol. The molecular formula is C18H18N4O3. The largest absolute Gasteiger partial charge is 0.492 e. The minimum absolute atomic E-state index is 0.238. The van der Waals surface area contributed by atoms with Crippen LogP contribution >= 0.6 is 0 Å². The van der Waals surface area contributed by atoms with Crippen LogP contribution in [0.2, 0.25) is 0 Å². The predicted molar refractivity (Wildman–Crippen MR) is 91.7 cm³/mol. The van der Waals surface area contributed by atoms with Crippen LogP contribution in [0.15, 0.2) is 35.2 Å². The van der Waals surface area contributed by atoms with Crippen molar-refractivity contribution in [3.05, 3.63) is 47.5 Å². The first-order valence-electron chi connectivity index (χ1n) is 8.30. The van der Waals surface area contributed by atoms with Crippen molar-refractivity contribution in [2.75, 3.05) is 11.9 Å². The van der Waals surface area contributed by atoms with Gasteiger partial charge < -0.3 is 19.6 Å². The van der Waals surface area contributed by atoms with Crippen LogP contribution in [-0.4, -0.2) is 27.6 Å². The lowest BCUT2D eigenvalue weighted by Gasteiger charge is -2.07. The number of rotatable bonds is 4. The topological polar surface area (TPSA) is 93.0 Å². The molecule has 3 heterocycles. The van der Waals surface area contributed by atoms with Gasteiger partial charge in [0.2, 0.25) is 0 Å². The van der Waals surface area contributed by atoms with E-state index >= 15 is 0 Å². The van der Waals surface area contributed by atoms with Gasteiger partial charge in [0.15, 0.2) is 5.76 Å². The molecule has 1 aliphatic carbocycles. The van der Waals surface area contributed by atoms with Crippen LogP contribution in [0.1, 0.15) is 35.0 Å². The summed E-state index contributed by atoms with van der Waals surface area (Å²) in [5.74, 6) is 1.58. The third kappa shape index (κ3) is 2.88. The molecular weight excluding hydrogens is 320 g/mol. The lowest BCUT2D eigenvalue weighted by Crippen LogP contribution is -2.13. The third-order valence-electron chi connectivity index (χ3n) is 4.24. The fourth-order valence-corrected chi connectivity index (χ4v) is 3.09. The molecule has 7 nitrogen and oxygen atoms in total. The number of pyridine rings is 1. The van der Waals surface area contributed by atoms with Crippen LogP contribution < -0.4 is 10.1 Å². The van der Waals surface area contributed by atoms with Gasteiger partial charge in [-0.05, 0) is 38.3 Å². The summed E-state index contributed by atoms with van der Waals surface area (Å²) in [5, 5.41) is 6.71. The van der Waals surface area contributed by atoms with E-state index in [-0.39, 0.29) is 5.91 Å². The van der Waals surface area contributed by atoms with Gasteiger partial charge in [-0.1, -0.05) is 5.16 Å².